The molecule has 0 bridgehead atoms. The summed E-state index contributed by atoms with van der Waals surface area (Å²) in [5.74, 6) is -6.01. The Bertz CT molecular complexity index is 1620. The van der Waals surface area contributed by atoms with Crippen LogP contribution in [0.5, 0.6) is 0 Å². The summed E-state index contributed by atoms with van der Waals surface area (Å²) in [6, 6.07) is 4.25. The van der Waals surface area contributed by atoms with Crippen molar-refractivity contribution in [3.63, 3.8) is 0 Å². The van der Waals surface area contributed by atoms with E-state index in [1.807, 2.05) is 6.07 Å². The fraction of sp³-hybridized carbons (Fsp3) is 0.292. The zero-order valence-electron chi connectivity index (χ0n) is 19.9. The molecule has 1 aliphatic heterocycles. The third kappa shape index (κ3) is 4.55. The average Bonchev–Trinajstić information content (AvgIpc) is 2.87. The van der Waals surface area contributed by atoms with Crippen LogP contribution in [-0.4, -0.2) is 44.2 Å². The molecule has 0 saturated carbocycles. The van der Waals surface area contributed by atoms with Crippen LogP contribution in [0.25, 0.3) is 22.3 Å². The highest BCUT2D eigenvalue weighted by Crippen LogP contribution is 2.33. The van der Waals surface area contributed by atoms with Gasteiger partial charge in [-0.2, -0.15) is 13.2 Å². The molecule has 198 valence electrons. The average molecular weight is 536 g/mol. The van der Waals surface area contributed by atoms with E-state index >= 15 is 0 Å². The van der Waals surface area contributed by atoms with E-state index in [1.54, 1.807) is 24.1 Å². The van der Waals surface area contributed by atoms with Crippen molar-refractivity contribution in [1.29, 1.82) is 0 Å². The molecule has 0 amide bonds. The van der Waals surface area contributed by atoms with Crippen molar-refractivity contribution in [3.8, 4) is 11.3 Å². The molecule has 1 aliphatic rings. The number of aryl methyl sites for hydroxylation is 1. The number of benzene rings is 1. The van der Waals surface area contributed by atoms with Gasteiger partial charge in [-0.05, 0) is 30.7 Å². The predicted molar refractivity (Wildman–Crippen MR) is 123 cm³/mol. The second-order valence-electron chi connectivity index (χ2n) is 8.65. The summed E-state index contributed by atoms with van der Waals surface area (Å²) in [6.45, 7) is 2.39. The van der Waals surface area contributed by atoms with Crippen LogP contribution < -0.4 is 10.5 Å². The summed E-state index contributed by atoms with van der Waals surface area (Å²) in [4.78, 5) is 30.6. The smallest absolute Gasteiger partial charge is 0.370 e. The third-order valence-electron chi connectivity index (χ3n) is 6.08. The van der Waals surface area contributed by atoms with Crippen molar-refractivity contribution in [2.45, 2.75) is 19.2 Å². The predicted octanol–water partition coefficient (Wildman–Crippen LogP) is 4.11. The first-order valence-electron chi connectivity index (χ1n) is 11.2. The number of ether oxygens (including phenoxy) is 1. The Morgan fingerprint density at radius 2 is 1.74 bits per heavy atom. The van der Waals surface area contributed by atoms with Crippen molar-refractivity contribution in [2.75, 3.05) is 24.6 Å². The molecule has 1 fully saturated rings. The Hall–Kier alpha value is -4.07. The van der Waals surface area contributed by atoms with Crippen molar-refractivity contribution in [1.82, 2.24) is 24.5 Å². The second-order valence-corrected chi connectivity index (χ2v) is 8.65. The van der Waals surface area contributed by atoms with Crippen LogP contribution >= 0.6 is 0 Å². The van der Waals surface area contributed by atoms with Crippen LogP contribution in [0.1, 0.15) is 23.2 Å². The van der Waals surface area contributed by atoms with Gasteiger partial charge in [-0.25, -0.2) is 28.1 Å². The monoisotopic (exact) mass is 536 g/mol. The molecular formula is C24H18F6N6O2. The minimum absolute atomic E-state index is 0.144. The first-order valence-corrected chi connectivity index (χ1v) is 11.2. The van der Waals surface area contributed by atoms with Crippen LogP contribution in [0.3, 0.4) is 0 Å². The minimum Gasteiger partial charge on any atom is -0.370 e. The number of pyridine rings is 1. The van der Waals surface area contributed by atoms with E-state index < -0.39 is 63.4 Å². The topological polar surface area (TPSA) is 86.0 Å². The van der Waals surface area contributed by atoms with Gasteiger partial charge in [0, 0.05) is 37.1 Å². The summed E-state index contributed by atoms with van der Waals surface area (Å²) in [5.41, 5.74) is -2.16. The van der Waals surface area contributed by atoms with Gasteiger partial charge in [-0.3, -0.25) is 14.3 Å². The SMILES string of the molecule is Cc1cc(C2CN(c3nc(-c4cc(F)c(F)cc4F)c4nc(C(F)(F)F)n(C)c(=O)c4n3)CCO2)ccn1. The number of hydrogen-bond acceptors (Lipinski definition) is 7. The van der Waals surface area contributed by atoms with E-state index in [4.69, 9.17) is 4.74 Å². The minimum atomic E-state index is -5.05. The summed E-state index contributed by atoms with van der Waals surface area (Å²) in [7, 11) is 0.869. The standard InChI is InChI=1S/C24H18F6N6O2/c1-11-7-12(3-4-31-11)17-10-36(5-6-38-17)23-33-18(13-8-15(26)16(27)9-14(13)25)19-20(34-23)21(37)35(2)22(32-19)24(28,29)30/h3-4,7-9,17H,5-6,10H2,1-2H3. The molecule has 4 heterocycles. The van der Waals surface area contributed by atoms with Crippen molar-refractivity contribution in [2.24, 2.45) is 7.05 Å². The Labute approximate surface area is 210 Å². The Morgan fingerprint density at radius 1 is 1.00 bits per heavy atom. The lowest BCUT2D eigenvalue weighted by Crippen LogP contribution is -2.40. The van der Waals surface area contributed by atoms with Gasteiger partial charge in [0.05, 0.1) is 13.2 Å². The van der Waals surface area contributed by atoms with Crippen LogP contribution in [0.2, 0.25) is 0 Å². The number of halogens is 6. The number of rotatable bonds is 3. The molecule has 3 aromatic heterocycles. The molecule has 1 atom stereocenters. The van der Waals surface area contributed by atoms with Crippen LogP contribution in [-0.2, 0) is 18.0 Å². The fourth-order valence-corrected chi connectivity index (χ4v) is 4.22. The number of morpholine rings is 1. The van der Waals surface area contributed by atoms with Gasteiger partial charge < -0.3 is 9.64 Å². The van der Waals surface area contributed by atoms with Crippen LogP contribution in [0.4, 0.5) is 32.3 Å². The van der Waals surface area contributed by atoms with Crippen LogP contribution in [0, 0.1) is 24.4 Å². The van der Waals surface area contributed by atoms with Gasteiger partial charge in [0.1, 0.15) is 23.1 Å². The summed E-state index contributed by atoms with van der Waals surface area (Å²) in [6.07, 6.45) is -3.91. The lowest BCUT2D eigenvalue weighted by molar-refractivity contribution is -0.147. The van der Waals surface area contributed by atoms with E-state index in [1.165, 1.54) is 0 Å². The second kappa shape index (κ2) is 9.35. The summed E-state index contributed by atoms with van der Waals surface area (Å²) >= 11 is 0. The largest absolute Gasteiger partial charge is 0.449 e. The van der Waals surface area contributed by atoms with E-state index in [9.17, 15) is 31.1 Å². The molecule has 1 saturated heterocycles. The molecule has 0 spiro atoms. The van der Waals surface area contributed by atoms with Gasteiger partial charge in [-0.15, -0.1) is 0 Å². The fourth-order valence-electron chi connectivity index (χ4n) is 4.22. The lowest BCUT2D eigenvalue weighted by atomic mass is 10.1. The number of aromatic nitrogens is 5. The molecule has 1 aromatic carbocycles. The molecule has 0 aliphatic carbocycles. The normalized spacial score (nSPS) is 16.3. The van der Waals surface area contributed by atoms with Gasteiger partial charge in [0.15, 0.2) is 17.2 Å². The zero-order chi connectivity index (χ0) is 27.4. The van der Waals surface area contributed by atoms with Crippen molar-refractivity contribution < 1.29 is 31.1 Å². The molecule has 0 radical (unpaired) electrons. The van der Waals surface area contributed by atoms with E-state index in [2.05, 4.69) is 19.9 Å². The van der Waals surface area contributed by atoms with Crippen molar-refractivity contribution in [3.05, 3.63) is 75.3 Å². The van der Waals surface area contributed by atoms with Crippen molar-refractivity contribution >= 4 is 17.0 Å². The number of fused-ring (bicyclic) bond motifs is 1. The molecule has 5 rings (SSSR count). The summed E-state index contributed by atoms with van der Waals surface area (Å²) in [5, 5.41) is 0. The molecule has 14 heteroatoms. The first kappa shape index (κ1) is 25.6. The molecule has 1 unspecified atom stereocenters. The van der Waals surface area contributed by atoms with E-state index in [0.717, 1.165) is 18.3 Å². The third-order valence-corrected chi connectivity index (χ3v) is 6.08. The number of hydrogen-bond donors (Lipinski definition) is 0. The Kier molecular flexibility index (Phi) is 6.29. The lowest BCUT2D eigenvalue weighted by Gasteiger charge is -2.33. The van der Waals surface area contributed by atoms with Gasteiger partial charge >= 0.3 is 6.18 Å². The highest BCUT2D eigenvalue weighted by atomic mass is 19.4. The number of anilines is 1. The first-order chi connectivity index (χ1) is 17.9. The van der Waals surface area contributed by atoms with E-state index in [-0.39, 0.29) is 36.3 Å². The zero-order valence-corrected chi connectivity index (χ0v) is 19.9. The van der Waals surface area contributed by atoms with Gasteiger partial charge in [0.2, 0.25) is 11.8 Å². The van der Waals surface area contributed by atoms with E-state index in [0.29, 0.717) is 6.07 Å². The molecule has 0 N–H and O–H groups in total. The quantitative estimate of drug-likeness (QED) is 0.288. The highest BCUT2D eigenvalue weighted by Gasteiger charge is 2.37. The maximum absolute atomic E-state index is 14.8. The maximum Gasteiger partial charge on any atom is 0.449 e. The van der Waals surface area contributed by atoms with Crippen LogP contribution in [0.15, 0.2) is 35.3 Å². The molecular weight excluding hydrogens is 518 g/mol. The van der Waals surface area contributed by atoms with Gasteiger partial charge in [-0.1, -0.05) is 0 Å². The summed E-state index contributed by atoms with van der Waals surface area (Å²) < 4.78 is 89.5. The molecule has 4 aromatic rings. The van der Waals surface area contributed by atoms with Gasteiger partial charge in [0.25, 0.3) is 5.56 Å². The Morgan fingerprint density at radius 3 is 2.45 bits per heavy atom. The maximum atomic E-state index is 14.8. The number of nitrogens with zero attached hydrogens (tertiary/aromatic N) is 6. The highest BCUT2D eigenvalue weighted by molar-refractivity contribution is 5.89. The molecule has 38 heavy (non-hydrogen) atoms. The number of alkyl halides is 3. The molecule has 8 nitrogen and oxygen atoms in total. The Balaban J connectivity index is 1.72.